The maximum Gasteiger partial charge on any atom is 0.344 e. The predicted molar refractivity (Wildman–Crippen MR) is 121 cm³/mol. The van der Waals surface area contributed by atoms with Crippen molar-refractivity contribution in [2.45, 2.75) is 13.0 Å². The summed E-state index contributed by atoms with van der Waals surface area (Å²) in [5, 5.41) is 7.00. The maximum atomic E-state index is 12.8. The van der Waals surface area contributed by atoms with Crippen LogP contribution in [-0.2, 0) is 9.53 Å². The predicted octanol–water partition coefficient (Wildman–Crippen LogP) is 3.60. The van der Waals surface area contributed by atoms with Crippen molar-refractivity contribution in [1.82, 2.24) is 14.6 Å². The lowest BCUT2D eigenvalue weighted by Gasteiger charge is -2.14. The molecule has 1 unspecified atom stereocenters. The molecule has 168 valence electrons. The summed E-state index contributed by atoms with van der Waals surface area (Å²) in [7, 11) is 3.02. The summed E-state index contributed by atoms with van der Waals surface area (Å²) in [6.45, 7) is 1.49. The number of benzene rings is 2. The number of rotatable bonds is 7. The average Bonchev–Trinajstić information content (AvgIpc) is 3.29. The van der Waals surface area contributed by atoms with E-state index >= 15 is 0 Å². The van der Waals surface area contributed by atoms with Crippen molar-refractivity contribution in [3.63, 3.8) is 0 Å². The van der Waals surface area contributed by atoms with Crippen LogP contribution in [0, 0.1) is 0 Å². The summed E-state index contributed by atoms with van der Waals surface area (Å²) in [6, 6.07) is 16.4. The summed E-state index contributed by atoms with van der Waals surface area (Å²) in [5.74, 6) is -0.195. The van der Waals surface area contributed by atoms with Crippen LogP contribution in [0.1, 0.15) is 17.3 Å². The van der Waals surface area contributed by atoms with Gasteiger partial charge in [-0.2, -0.15) is 5.10 Å². The number of amides is 1. The molecule has 0 radical (unpaired) electrons. The number of esters is 1. The van der Waals surface area contributed by atoms with Gasteiger partial charge in [0.2, 0.25) is 0 Å². The lowest BCUT2D eigenvalue weighted by molar-refractivity contribution is -0.123. The second-order valence-corrected chi connectivity index (χ2v) is 7.10. The molecule has 0 saturated heterocycles. The number of fused-ring (bicyclic) bond motifs is 1. The normalized spacial score (nSPS) is 11.6. The Morgan fingerprint density at radius 2 is 1.76 bits per heavy atom. The van der Waals surface area contributed by atoms with Gasteiger partial charge in [-0.3, -0.25) is 4.79 Å². The van der Waals surface area contributed by atoms with Crippen LogP contribution in [0.25, 0.3) is 16.9 Å². The van der Waals surface area contributed by atoms with Crippen LogP contribution in [0.15, 0.2) is 67.0 Å². The van der Waals surface area contributed by atoms with Crippen molar-refractivity contribution in [2.24, 2.45) is 0 Å². The van der Waals surface area contributed by atoms with E-state index in [0.29, 0.717) is 22.8 Å². The molecule has 0 aliphatic heterocycles. The molecule has 0 aliphatic rings. The Kier molecular flexibility index (Phi) is 6.21. The lowest BCUT2D eigenvalue weighted by Crippen LogP contribution is -2.30. The van der Waals surface area contributed by atoms with Crippen LogP contribution >= 0.6 is 0 Å². The average molecular weight is 446 g/mol. The number of carbonyl (C=O) groups excluding carboxylic acids is 2. The van der Waals surface area contributed by atoms with E-state index in [-0.39, 0.29) is 5.56 Å². The molecule has 0 saturated carbocycles. The van der Waals surface area contributed by atoms with Gasteiger partial charge in [-0.15, -0.1) is 0 Å². The Morgan fingerprint density at radius 1 is 1.00 bits per heavy atom. The first-order valence-electron chi connectivity index (χ1n) is 10.1. The summed E-state index contributed by atoms with van der Waals surface area (Å²) < 4.78 is 17.4. The van der Waals surface area contributed by atoms with Crippen molar-refractivity contribution < 1.29 is 23.8 Å². The highest BCUT2D eigenvalue weighted by atomic mass is 16.5. The number of anilines is 1. The van der Waals surface area contributed by atoms with Crippen molar-refractivity contribution in [2.75, 3.05) is 19.5 Å². The van der Waals surface area contributed by atoms with Crippen LogP contribution in [0.3, 0.4) is 0 Å². The molecule has 9 nitrogen and oxygen atoms in total. The number of nitrogens with zero attached hydrogens (tertiary/aromatic N) is 3. The lowest BCUT2D eigenvalue weighted by atomic mass is 10.1. The minimum atomic E-state index is -1.06. The van der Waals surface area contributed by atoms with E-state index in [1.807, 2.05) is 36.4 Å². The molecule has 4 rings (SSSR count). The van der Waals surface area contributed by atoms with Crippen LogP contribution in [0.5, 0.6) is 11.5 Å². The van der Waals surface area contributed by atoms with Gasteiger partial charge in [0.25, 0.3) is 5.91 Å². The van der Waals surface area contributed by atoms with Gasteiger partial charge in [-0.05, 0) is 25.1 Å². The summed E-state index contributed by atoms with van der Waals surface area (Å²) >= 11 is 0. The Bertz CT molecular complexity index is 1300. The zero-order chi connectivity index (χ0) is 23.4. The number of hydrogen-bond donors (Lipinski definition) is 1. The minimum Gasteiger partial charge on any atom is -0.493 e. The molecule has 0 fully saturated rings. The number of carbonyl (C=O) groups is 2. The minimum absolute atomic E-state index is 0.165. The molecule has 2 aromatic carbocycles. The van der Waals surface area contributed by atoms with Crippen molar-refractivity contribution in [3.8, 4) is 22.8 Å². The fourth-order valence-electron chi connectivity index (χ4n) is 3.30. The SMILES string of the molecule is COc1ccc(NC(=O)C(C)OC(=O)c2cnn3c(-c4ccccc4)ccnc23)cc1OC. The van der Waals surface area contributed by atoms with Gasteiger partial charge in [0.05, 0.1) is 26.1 Å². The molecular weight excluding hydrogens is 424 g/mol. The summed E-state index contributed by atoms with van der Waals surface area (Å²) in [6.07, 6.45) is 1.93. The third-order valence-electron chi connectivity index (χ3n) is 4.99. The fourth-order valence-corrected chi connectivity index (χ4v) is 3.30. The molecule has 1 atom stereocenters. The monoisotopic (exact) mass is 446 g/mol. The van der Waals surface area contributed by atoms with E-state index < -0.39 is 18.0 Å². The highest BCUT2D eigenvalue weighted by Gasteiger charge is 2.23. The topological polar surface area (TPSA) is 104 Å². The smallest absolute Gasteiger partial charge is 0.344 e. The standard InChI is InChI=1S/C24H22N4O5/c1-15(23(29)27-17-9-10-20(31-2)21(13-17)32-3)33-24(30)18-14-26-28-19(11-12-25-22(18)28)16-7-5-4-6-8-16/h4-15H,1-3H3,(H,27,29). The highest BCUT2D eigenvalue weighted by Crippen LogP contribution is 2.30. The van der Waals surface area contributed by atoms with Crippen LogP contribution in [0.2, 0.25) is 0 Å². The molecule has 0 bridgehead atoms. The first-order valence-corrected chi connectivity index (χ1v) is 10.1. The second kappa shape index (κ2) is 9.39. The zero-order valence-corrected chi connectivity index (χ0v) is 18.3. The largest absolute Gasteiger partial charge is 0.493 e. The first-order chi connectivity index (χ1) is 16.0. The highest BCUT2D eigenvalue weighted by molar-refractivity contribution is 6.00. The Hall–Kier alpha value is -4.40. The molecule has 9 heteroatoms. The third-order valence-corrected chi connectivity index (χ3v) is 4.99. The number of ether oxygens (including phenoxy) is 3. The second-order valence-electron chi connectivity index (χ2n) is 7.10. The first kappa shape index (κ1) is 21.8. The third kappa shape index (κ3) is 4.47. The summed E-state index contributed by atoms with van der Waals surface area (Å²) in [5.41, 5.74) is 2.69. The Labute approximate surface area is 189 Å². The Balaban J connectivity index is 1.50. The van der Waals surface area contributed by atoms with Crippen LogP contribution < -0.4 is 14.8 Å². The van der Waals surface area contributed by atoms with E-state index in [1.54, 1.807) is 28.9 Å². The molecule has 2 heterocycles. The molecule has 33 heavy (non-hydrogen) atoms. The Morgan fingerprint density at radius 3 is 2.48 bits per heavy atom. The van der Waals surface area contributed by atoms with Gasteiger partial charge >= 0.3 is 5.97 Å². The molecular formula is C24H22N4O5. The quantitative estimate of drug-likeness (QED) is 0.433. The number of methoxy groups -OCH3 is 2. The van der Waals surface area contributed by atoms with Gasteiger partial charge in [0.1, 0.15) is 5.56 Å². The summed E-state index contributed by atoms with van der Waals surface area (Å²) in [4.78, 5) is 29.6. The number of nitrogens with one attached hydrogen (secondary N) is 1. The van der Waals surface area contributed by atoms with Crippen LogP contribution in [-0.4, -0.2) is 46.8 Å². The van der Waals surface area contributed by atoms with Gasteiger partial charge in [-0.1, -0.05) is 30.3 Å². The molecule has 4 aromatic rings. The van der Waals surface area contributed by atoms with Crippen LogP contribution in [0.4, 0.5) is 5.69 Å². The van der Waals surface area contributed by atoms with Crippen molar-refractivity contribution in [3.05, 3.63) is 72.6 Å². The van der Waals surface area contributed by atoms with Crippen molar-refractivity contribution in [1.29, 1.82) is 0 Å². The van der Waals surface area contributed by atoms with E-state index in [4.69, 9.17) is 14.2 Å². The molecule has 0 aliphatic carbocycles. The number of hydrogen-bond acceptors (Lipinski definition) is 7. The van der Waals surface area contributed by atoms with E-state index in [2.05, 4.69) is 15.4 Å². The fraction of sp³-hybridized carbons (Fsp3) is 0.167. The van der Waals surface area contributed by atoms with Gasteiger partial charge in [-0.25, -0.2) is 14.3 Å². The van der Waals surface area contributed by atoms with Gasteiger partial charge < -0.3 is 19.5 Å². The maximum absolute atomic E-state index is 12.8. The van der Waals surface area contributed by atoms with E-state index in [9.17, 15) is 9.59 Å². The molecule has 1 amide bonds. The van der Waals surface area contributed by atoms with E-state index in [1.165, 1.54) is 27.3 Å². The molecule has 1 N–H and O–H groups in total. The zero-order valence-electron chi connectivity index (χ0n) is 18.3. The molecule has 0 spiro atoms. The number of aromatic nitrogens is 3. The van der Waals surface area contributed by atoms with Crippen molar-refractivity contribution >= 4 is 23.2 Å². The molecule has 2 aromatic heterocycles. The van der Waals surface area contributed by atoms with Gasteiger partial charge in [0.15, 0.2) is 23.3 Å². The van der Waals surface area contributed by atoms with E-state index in [0.717, 1.165) is 11.3 Å². The van der Waals surface area contributed by atoms with Gasteiger partial charge in [0, 0.05) is 23.5 Å².